The van der Waals surface area contributed by atoms with E-state index in [0.29, 0.717) is 12.4 Å². The predicted molar refractivity (Wildman–Crippen MR) is 97.2 cm³/mol. The first kappa shape index (κ1) is 16.0. The average Bonchev–Trinajstić information content (AvgIpc) is 2.60. The minimum absolute atomic E-state index is 0.124. The van der Waals surface area contributed by atoms with Crippen molar-refractivity contribution < 1.29 is 14.3 Å². The van der Waals surface area contributed by atoms with E-state index in [2.05, 4.69) is 25.3 Å². The van der Waals surface area contributed by atoms with Crippen LogP contribution in [0, 0.1) is 0 Å². The summed E-state index contributed by atoms with van der Waals surface area (Å²) < 4.78 is 10.8. The van der Waals surface area contributed by atoms with Crippen molar-refractivity contribution >= 4 is 27.5 Å². The average molecular weight is 318 g/mol. The quantitative estimate of drug-likeness (QED) is 0.166. The lowest BCUT2D eigenvalue weighted by atomic mass is 10.0. The summed E-state index contributed by atoms with van der Waals surface area (Å²) in [4.78, 5) is 12.2. The van der Waals surface area contributed by atoms with Crippen molar-refractivity contribution in [1.82, 2.24) is 0 Å². The number of hydrogen-bond donors (Lipinski definition) is 0. The minimum atomic E-state index is -0.486. The number of ether oxygens (including phenoxy) is 2. The topological polar surface area (TPSA) is 35.5 Å². The Labute approximate surface area is 140 Å². The van der Waals surface area contributed by atoms with Gasteiger partial charge in [-0.25, -0.2) is 4.79 Å². The Balaban J connectivity index is 1.89. The third-order valence-corrected chi connectivity index (χ3v) is 3.71. The van der Waals surface area contributed by atoms with Crippen LogP contribution in [-0.4, -0.2) is 19.2 Å². The molecule has 3 aromatic rings. The van der Waals surface area contributed by atoms with Crippen LogP contribution in [0.4, 0.5) is 0 Å². The number of esters is 1. The van der Waals surface area contributed by atoms with Crippen LogP contribution in [0.15, 0.2) is 79.4 Å². The molecule has 3 heteroatoms. The van der Waals surface area contributed by atoms with Gasteiger partial charge in [0.2, 0.25) is 0 Å². The molecule has 0 aliphatic carbocycles. The third kappa shape index (κ3) is 3.36. The summed E-state index contributed by atoms with van der Waals surface area (Å²) >= 11 is 0. The van der Waals surface area contributed by atoms with Gasteiger partial charge in [-0.2, -0.15) is 0 Å². The number of hydrogen-bond acceptors (Lipinski definition) is 3. The van der Waals surface area contributed by atoms with Crippen molar-refractivity contribution in [3.8, 4) is 5.75 Å². The lowest BCUT2D eigenvalue weighted by Crippen LogP contribution is -2.14. The van der Waals surface area contributed by atoms with E-state index >= 15 is 0 Å². The Morgan fingerprint density at radius 2 is 1.71 bits per heavy atom. The number of rotatable bonds is 6. The van der Waals surface area contributed by atoms with Gasteiger partial charge >= 0.3 is 5.97 Å². The van der Waals surface area contributed by atoms with Crippen molar-refractivity contribution in [3.63, 3.8) is 0 Å². The molecule has 0 N–H and O–H groups in total. The fraction of sp³-hybridized carbons (Fsp3) is 0.0952. The van der Waals surface area contributed by atoms with Gasteiger partial charge in [0.15, 0.2) is 0 Å². The molecule has 0 saturated carbocycles. The maximum absolute atomic E-state index is 12.2. The van der Waals surface area contributed by atoms with Gasteiger partial charge in [0.05, 0.1) is 18.8 Å². The first-order valence-electron chi connectivity index (χ1n) is 7.69. The minimum Gasteiger partial charge on any atom is -0.422 e. The van der Waals surface area contributed by atoms with Crippen LogP contribution >= 0.6 is 0 Å². The van der Waals surface area contributed by atoms with E-state index in [4.69, 9.17) is 9.47 Å². The lowest BCUT2D eigenvalue weighted by Gasteiger charge is -2.10. The molecule has 3 rings (SSSR count). The van der Waals surface area contributed by atoms with Crippen LogP contribution in [0.5, 0.6) is 5.75 Å². The van der Waals surface area contributed by atoms with E-state index in [9.17, 15) is 4.79 Å². The molecule has 0 aromatic heterocycles. The SMILES string of the molecule is C=CCOCC(=C)C(=O)Oc1cccc2cc3ccccc3cc12. The van der Waals surface area contributed by atoms with Crippen LogP contribution in [0.25, 0.3) is 21.5 Å². The highest BCUT2D eigenvalue weighted by Gasteiger charge is 2.12. The van der Waals surface area contributed by atoms with Crippen LogP contribution in [0.2, 0.25) is 0 Å². The molecule has 0 radical (unpaired) electrons. The van der Waals surface area contributed by atoms with Crippen LogP contribution in [-0.2, 0) is 9.53 Å². The molecule has 0 unspecified atom stereocenters. The Morgan fingerprint density at radius 3 is 2.46 bits per heavy atom. The molecule has 120 valence electrons. The second-order valence-corrected chi connectivity index (χ2v) is 5.47. The van der Waals surface area contributed by atoms with Crippen molar-refractivity contribution in [2.24, 2.45) is 0 Å². The van der Waals surface area contributed by atoms with Gasteiger partial charge in [0.25, 0.3) is 0 Å². The number of carbonyl (C=O) groups excluding carboxylic acids is 1. The number of benzene rings is 3. The normalized spacial score (nSPS) is 10.7. The summed E-state index contributed by atoms with van der Waals surface area (Å²) in [5.41, 5.74) is 0.273. The Morgan fingerprint density at radius 1 is 1.00 bits per heavy atom. The van der Waals surface area contributed by atoms with Crippen molar-refractivity contribution in [2.45, 2.75) is 0 Å². The molecule has 0 heterocycles. The summed E-state index contributed by atoms with van der Waals surface area (Å²) in [7, 11) is 0. The van der Waals surface area contributed by atoms with Crippen molar-refractivity contribution in [1.29, 1.82) is 0 Å². The highest BCUT2D eigenvalue weighted by molar-refractivity contribution is 6.02. The fourth-order valence-electron chi connectivity index (χ4n) is 2.52. The number of fused-ring (bicyclic) bond motifs is 2. The molecule has 3 nitrogen and oxygen atoms in total. The molecule has 0 aliphatic heterocycles. The predicted octanol–water partition coefficient (Wildman–Crippen LogP) is 4.66. The molecule has 3 aromatic carbocycles. The van der Waals surface area contributed by atoms with E-state index in [0.717, 1.165) is 21.5 Å². The van der Waals surface area contributed by atoms with Crippen LogP contribution in [0.3, 0.4) is 0 Å². The largest absolute Gasteiger partial charge is 0.422 e. The zero-order chi connectivity index (χ0) is 16.9. The van der Waals surface area contributed by atoms with E-state index in [-0.39, 0.29) is 12.2 Å². The van der Waals surface area contributed by atoms with Crippen molar-refractivity contribution in [2.75, 3.05) is 13.2 Å². The molecule has 0 saturated heterocycles. The van der Waals surface area contributed by atoms with E-state index in [1.165, 1.54) is 0 Å². The van der Waals surface area contributed by atoms with E-state index in [1.54, 1.807) is 12.1 Å². The molecule has 0 aliphatic rings. The summed E-state index contributed by atoms with van der Waals surface area (Å²) in [6.45, 7) is 7.77. The third-order valence-electron chi connectivity index (χ3n) is 3.71. The smallest absolute Gasteiger partial charge is 0.341 e. The first-order chi connectivity index (χ1) is 11.7. The van der Waals surface area contributed by atoms with E-state index in [1.807, 2.05) is 36.4 Å². The Hall–Kier alpha value is -2.91. The summed E-state index contributed by atoms with van der Waals surface area (Å²) in [6.07, 6.45) is 1.62. The number of carbonyl (C=O) groups is 1. The molecule has 0 spiro atoms. The highest BCUT2D eigenvalue weighted by atomic mass is 16.5. The van der Waals surface area contributed by atoms with Crippen molar-refractivity contribution in [3.05, 3.63) is 79.4 Å². The van der Waals surface area contributed by atoms with Crippen LogP contribution < -0.4 is 4.74 Å². The molecule has 0 bridgehead atoms. The fourth-order valence-corrected chi connectivity index (χ4v) is 2.52. The Kier molecular flexibility index (Phi) is 4.73. The van der Waals surface area contributed by atoms with Gasteiger partial charge in [-0.3, -0.25) is 0 Å². The summed E-state index contributed by atoms with van der Waals surface area (Å²) in [6, 6.07) is 17.9. The van der Waals surface area contributed by atoms with E-state index < -0.39 is 5.97 Å². The second kappa shape index (κ2) is 7.11. The zero-order valence-corrected chi connectivity index (χ0v) is 13.3. The van der Waals surface area contributed by atoms with Gasteiger partial charge in [-0.1, -0.05) is 49.1 Å². The maximum atomic E-state index is 12.2. The van der Waals surface area contributed by atoms with Gasteiger partial charge in [0, 0.05) is 5.39 Å². The van der Waals surface area contributed by atoms with Gasteiger partial charge in [-0.15, -0.1) is 6.58 Å². The van der Waals surface area contributed by atoms with Crippen LogP contribution in [0.1, 0.15) is 0 Å². The molecule has 0 amide bonds. The summed E-state index contributed by atoms with van der Waals surface area (Å²) in [5, 5.41) is 4.16. The summed E-state index contributed by atoms with van der Waals surface area (Å²) in [5.74, 6) is 0.0350. The molecule has 0 atom stereocenters. The monoisotopic (exact) mass is 318 g/mol. The first-order valence-corrected chi connectivity index (χ1v) is 7.69. The lowest BCUT2D eigenvalue weighted by molar-refractivity contribution is -0.130. The van der Waals surface area contributed by atoms with Gasteiger partial charge in [0.1, 0.15) is 5.75 Å². The molecule has 0 fully saturated rings. The molecular weight excluding hydrogens is 300 g/mol. The molecular formula is C21H18O3. The van der Waals surface area contributed by atoms with Gasteiger partial charge in [-0.05, 0) is 34.4 Å². The molecule has 24 heavy (non-hydrogen) atoms. The Bertz CT molecular complexity index is 925. The van der Waals surface area contributed by atoms with Gasteiger partial charge < -0.3 is 9.47 Å². The standard InChI is InChI=1S/C21H18O3/c1-3-11-23-14-15(2)21(22)24-20-10-6-9-18-12-16-7-4-5-8-17(16)13-19(18)20/h3-10,12-13H,1-2,11,14H2. The maximum Gasteiger partial charge on any atom is 0.341 e. The highest BCUT2D eigenvalue weighted by Crippen LogP contribution is 2.30. The second-order valence-electron chi connectivity index (χ2n) is 5.47. The zero-order valence-electron chi connectivity index (χ0n) is 13.3.